The van der Waals surface area contributed by atoms with Crippen LogP contribution in [-0.4, -0.2) is 77.3 Å². The van der Waals surface area contributed by atoms with Gasteiger partial charge in [-0.15, -0.1) is 12.4 Å². The SMILES string of the molecule is CCOc1ccc(Cc2nccc3cc(OCC)c(OCC)cc23)cc1OCC.Cc1cc(C=Cc2ccc3cc(N(C)C)ccc3[n+]2C)c(C)n1-c1ccccc1.Cl.O=C(O)c1cc2ccccc2c(Cc2c(O)c(C(=O)O)cc3ccccc23)c1[O-]. The summed E-state index contributed by atoms with van der Waals surface area (Å²) in [6.45, 7) is 14.6. The van der Waals surface area contributed by atoms with Gasteiger partial charge in [-0.3, -0.25) is 4.98 Å². The molecule has 0 saturated heterocycles. The van der Waals surface area contributed by atoms with Gasteiger partial charge in [-0.25, -0.2) is 9.59 Å². The minimum absolute atomic E-state index is 0. The molecule has 3 aromatic heterocycles. The van der Waals surface area contributed by atoms with Gasteiger partial charge >= 0.3 is 11.9 Å². The average molecular weight is 1200 g/mol. The van der Waals surface area contributed by atoms with Crippen LogP contribution >= 0.6 is 12.4 Å². The third-order valence-electron chi connectivity index (χ3n) is 15.2. The summed E-state index contributed by atoms with van der Waals surface area (Å²) in [6.07, 6.45) is 6.84. The fraction of sp³-hybridized carbons (Fsp3) is 0.205. The van der Waals surface area contributed by atoms with Crippen LogP contribution < -0.4 is 33.5 Å². The number of anilines is 1. The molecule has 14 nitrogen and oxygen atoms in total. The van der Waals surface area contributed by atoms with Gasteiger partial charge in [0.2, 0.25) is 11.2 Å². The number of aromatic nitrogens is 3. The van der Waals surface area contributed by atoms with Gasteiger partial charge in [0, 0.05) is 90.4 Å². The molecule has 0 amide bonds. The Balaban J connectivity index is 0.000000170. The number of aromatic carboxylic acids is 2. The van der Waals surface area contributed by atoms with E-state index in [1.165, 1.54) is 57.1 Å². The number of nitrogens with zero attached hydrogens (tertiary/aromatic N) is 4. The molecule has 0 atom stereocenters. The number of hydrogen-bond donors (Lipinski definition) is 3. The molecule has 0 spiro atoms. The Kier molecular flexibility index (Phi) is 21.0. The normalized spacial score (nSPS) is 11.0. The Morgan fingerprint density at radius 1 is 0.591 bits per heavy atom. The number of hydrogen-bond acceptors (Lipinski definition) is 10. The summed E-state index contributed by atoms with van der Waals surface area (Å²) in [6, 6.07) is 52.4. The van der Waals surface area contributed by atoms with Gasteiger partial charge in [-0.1, -0.05) is 78.5 Å². The van der Waals surface area contributed by atoms with E-state index in [1.807, 2.05) is 64.2 Å². The minimum Gasteiger partial charge on any atom is -0.872 e. The predicted octanol–water partition coefficient (Wildman–Crippen LogP) is 14.9. The topological polar surface area (TPSA) is 180 Å². The quantitative estimate of drug-likeness (QED) is 0.0693. The van der Waals surface area contributed by atoms with Crippen LogP contribution in [0.5, 0.6) is 34.5 Å². The lowest BCUT2D eigenvalue weighted by atomic mass is 9.90. The van der Waals surface area contributed by atoms with E-state index in [9.17, 15) is 30.0 Å². The van der Waals surface area contributed by atoms with E-state index in [0.717, 1.165) is 45.0 Å². The third-order valence-corrected chi connectivity index (χ3v) is 15.2. The number of pyridine rings is 2. The van der Waals surface area contributed by atoms with E-state index in [-0.39, 0.29) is 41.1 Å². The van der Waals surface area contributed by atoms with Crippen LogP contribution in [0.25, 0.3) is 61.1 Å². The highest BCUT2D eigenvalue weighted by atomic mass is 35.5. The molecule has 11 rings (SSSR count). The number of aromatic hydroxyl groups is 1. The second-order valence-corrected chi connectivity index (χ2v) is 21.0. The molecule has 452 valence electrons. The largest absolute Gasteiger partial charge is 0.872 e. The zero-order valence-corrected chi connectivity index (χ0v) is 51.8. The van der Waals surface area contributed by atoms with Crippen LogP contribution in [0.4, 0.5) is 5.69 Å². The molecule has 3 heterocycles. The molecule has 0 aliphatic heterocycles. The van der Waals surface area contributed by atoms with Gasteiger partial charge < -0.3 is 48.8 Å². The van der Waals surface area contributed by atoms with Crippen molar-refractivity contribution in [3.8, 4) is 40.2 Å². The first kappa shape index (κ1) is 64.0. The van der Waals surface area contributed by atoms with Crippen molar-refractivity contribution < 1.29 is 53.5 Å². The van der Waals surface area contributed by atoms with Gasteiger partial charge in [-0.05, 0) is 170 Å². The Morgan fingerprint density at radius 3 is 1.81 bits per heavy atom. The maximum Gasteiger partial charge on any atom is 0.339 e. The third kappa shape index (κ3) is 14.1. The molecule has 0 fully saturated rings. The molecule has 0 aliphatic rings. The molecule has 0 unspecified atom stereocenters. The van der Waals surface area contributed by atoms with Crippen molar-refractivity contribution in [3.05, 3.63) is 226 Å². The zero-order chi connectivity index (χ0) is 61.9. The number of halogens is 1. The van der Waals surface area contributed by atoms with Gasteiger partial charge in [0.15, 0.2) is 23.0 Å². The molecular formula is C73H73ClN4O10. The minimum atomic E-state index is -1.34. The van der Waals surface area contributed by atoms with Crippen molar-refractivity contribution in [2.45, 2.75) is 54.4 Å². The average Bonchev–Trinajstić information content (AvgIpc) is 3.05. The lowest BCUT2D eigenvalue weighted by Crippen LogP contribution is -2.32. The molecule has 11 aromatic rings. The van der Waals surface area contributed by atoms with Crippen molar-refractivity contribution in [1.29, 1.82) is 0 Å². The lowest BCUT2D eigenvalue weighted by Gasteiger charge is -2.21. The molecule has 88 heavy (non-hydrogen) atoms. The van der Waals surface area contributed by atoms with Crippen molar-refractivity contribution >= 4 is 85.4 Å². The fourth-order valence-electron chi connectivity index (χ4n) is 10.9. The number of carboxylic acid groups (broad SMARTS) is 2. The molecule has 15 heteroatoms. The summed E-state index contributed by atoms with van der Waals surface area (Å²) in [7, 11) is 6.28. The molecule has 8 aromatic carbocycles. The van der Waals surface area contributed by atoms with Crippen molar-refractivity contribution in [2.24, 2.45) is 7.05 Å². The fourth-order valence-corrected chi connectivity index (χ4v) is 10.9. The first-order valence-electron chi connectivity index (χ1n) is 29.0. The Labute approximate surface area is 519 Å². The maximum absolute atomic E-state index is 12.9. The van der Waals surface area contributed by atoms with E-state index in [4.69, 9.17) is 18.9 Å². The summed E-state index contributed by atoms with van der Waals surface area (Å²) in [5, 5.41) is 48.2. The van der Waals surface area contributed by atoms with Crippen LogP contribution in [0.1, 0.15) is 93.4 Å². The van der Waals surface area contributed by atoms with E-state index < -0.39 is 23.4 Å². The number of ether oxygens (including phenoxy) is 4. The van der Waals surface area contributed by atoms with Crippen LogP contribution in [-0.2, 0) is 19.9 Å². The van der Waals surface area contributed by atoms with Crippen LogP contribution in [0, 0.1) is 13.8 Å². The highest BCUT2D eigenvalue weighted by molar-refractivity contribution is 6.02. The number of phenols is 1. The Hall–Kier alpha value is -10.1. The van der Waals surface area contributed by atoms with E-state index >= 15 is 0 Å². The number of carboxylic acids is 2. The molecule has 0 saturated carbocycles. The predicted molar refractivity (Wildman–Crippen MR) is 352 cm³/mol. The van der Waals surface area contributed by atoms with Gasteiger partial charge in [0.25, 0.3) is 0 Å². The molecule has 3 N–H and O–H groups in total. The summed E-state index contributed by atoms with van der Waals surface area (Å²) >= 11 is 0. The number of aryl methyl sites for hydroxylation is 2. The monoisotopic (exact) mass is 1200 g/mol. The van der Waals surface area contributed by atoms with E-state index in [1.54, 1.807) is 48.5 Å². The second-order valence-electron chi connectivity index (χ2n) is 21.0. The van der Waals surface area contributed by atoms with Gasteiger partial charge in [0.1, 0.15) is 18.4 Å². The Bertz CT molecular complexity index is 4250. The van der Waals surface area contributed by atoms with Crippen molar-refractivity contribution in [1.82, 2.24) is 9.55 Å². The first-order chi connectivity index (χ1) is 42.0. The van der Waals surface area contributed by atoms with Crippen LogP contribution in [0.3, 0.4) is 0 Å². The molecule has 0 bridgehead atoms. The van der Waals surface area contributed by atoms with Crippen LogP contribution in [0.15, 0.2) is 170 Å². The first-order valence-corrected chi connectivity index (χ1v) is 29.0. The number of benzene rings is 8. The Morgan fingerprint density at radius 2 is 1.17 bits per heavy atom. The lowest BCUT2D eigenvalue weighted by molar-refractivity contribution is -0.646. The zero-order valence-electron chi connectivity index (χ0n) is 51.0. The van der Waals surface area contributed by atoms with Crippen LogP contribution in [0.2, 0.25) is 0 Å². The maximum atomic E-state index is 12.9. The number of rotatable bonds is 18. The molecular weight excluding hydrogens is 1130 g/mol. The smallest absolute Gasteiger partial charge is 0.339 e. The van der Waals surface area contributed by atoms with E-state index in [0.29, 0.717) is 54.4 Å². The van der Waals surface area contributed by atoms with Crippen molar-refractivity contribution in [3.63, 3.8) is 0 Å². The molecule has 0 radical (unpaired) electrons. The van der Waals surface area contributed by atoms with Gasteiger partial charge in [-0.2, -0.15) is 4.57 Å². The standard InChI is InChI=1S/C26H28N3.C24H29NO4.C23H16O6.ClH/c1-19-17-21(20(2)29(19)24-9-7-6-8-10-24)11-13-23-14-12-22-18-25(27(3)4)15-16-26(22)28(23)5;1-5-26-21-10-9-17(14-22(21)27-6-2)13-20-19-16-24(29-8-4)23(28-7-3)15-18(19)11-12-25-20;24-20-16(14-7-3-1-5-12(14)9-18(20)22(26)27)11-17-15-8-4-2-6-13(15)10-19(21(17)25)23(28)29;/h6-18H,1-5H3;9-12,14-16H,5-8,13H2,1-4H3;1-10,24-25H,11H2,(H,26,27)(H,28,29);1H/q+1;;;/p-1. The highest BCUT2D eigenvalue weighted by Gasteiger charge is 2.21. The summed E-state index contributed by atoms with van der Waals surface area (Å²) in [5.41, 5.74) is 10.5. The number of para-hydroxylation sites is 1. The summed E-state index contributed by atoms with van der Waals surface area (Å²) < 4.78 is 27.6. The van der Waals surface area contributed by atoms with Gasteiger partial charge in [0.05, 0.1) is 37.7 Å². The summed E-state index contributed by atoms with van der Waals surface area (Å²) in [5.74, 6) is -0.668. The van der Waals surface area contributed by atoms with E-state index in [2.05, 4.69) is 139 Å². The van der Waals surface area contributed by atoms with Crippen molar-refractivity contribution in [2.75, 3.05) is 45.4 Å². The summed E-state index contributed by atoms with van der Waals surface area (Å²) in [4.78, 5) is 29.9. The molecule has 0 aliphatic carbocycles. The number of carbonyl (C=O) groups is 2. The highest BCUT2D eigenvalue weighted by Crippen LogP contribution is 2.39. The second kappa shape index (κ2) is 28.9. The number of fused-ring (bicyclic) bond motifs is 4.